The molecule has 0 aliphatic carbocycles. The van der Waals surface area contributed by atoms with Gasteiger partial charge in [0.2, 0.25) is 0 Å². The Morgan fingerprint density at radius 3 is 2.77 bits per heavy atom. The van der Waals surface area contributed by atoms with Crippen molar-refractivity contribution in [3.05, 3.63) is 38.3 Å². The molecule has 5 heteroatoms. The fraction of sp³-hybridized carbons (Fsp3) is 0. The van der Waals surface area contributed by atoms with Gasteiger partial charge in [-0.25, -0.2) is 0 Å². The van der Waals surface area contributed by atoms with Crippen LogP contribution in [0.5, 0.6) is 0 Å². The normalized spacial score (nSPS) is 8.69. The molecule has 0 aromatic heterocycles. The molecule has 0 fully saturated rings. The molecule has 0 N–H and O–H groups in total. The molecule has 13 heavy (non-hydrogen) atoms. The summed E-state index contributed by atoms with van der Waals surface area (Å²) in [4.78, 5) is 10.1. The van der Waals surface area contributed by atoms with Gasteiger partial charge in [0.15, 0.2) is 0 Å². The van der Waals surface area contributed by atoms with Crippen LogP contribution in [0.4, 0.5) is 5.69 Å². The molecular weight excluding hydrogens is 431 g/mol. The van der Waals surface area contributed by atoms with Crippen molar-refractivity contribution in [1.29, 1.82) is 0 Å². The van der Waals surface area contributed by atoms with Gasteiger partial charge in [0.05, 0.1) is 0 Å². The second kappa shape index (κ2) is 4.70. The molecule has 0 spiro atoms. The first-order chi connectivity index (χ1) is 6.16. The van der Waals surface area contributed by atoms with E-state index in [2.05, 4.69) is 25.4 Å². The first-order valence-corrected chi connectivity index (χ1v) is 5.61. The minimum absolute atomic E-state index is 0.0446. The van der Waals surface area contributed by atoms with Crippen molar-refractivity contribution in [1.82, 2.24) is 0 Å². The fourth-order valence-electron chi connectivity index (χ4n) is 0.840. The Morgan fingerprint density at radius 1 is 1.54 bits per heavy atom. The molecule has 65 valence electrons. The predicted molar refractivity (Wildman–Crippen MR) is 53.4 cm³/mol. The van der Waals surface area contributed by atoms with Crippen molar-refractivity contribution in [2.24, 2.45) is 0 Å². The monoisotopic (exact) mass is 433 g/mol. The summed E-state index contributed by atoms with van der Waals surface area (Å²) in [5.74, 6) is 2.72. The Morgan fingerprint density at radius 2 is 2.23 bits per heavy atom. The van der Waals surface area contributed by atoms with Gasteiger partial charge in [-0.15, -0.1) is 0 Å². The predicted octanol–water partition coefficient (Wildman–Crippen LogP) is 1.83. The Labute approximate surface area is 98.9 Å². The first kappa shape index (κ1) is 10.6. The van der Waals surface area contributed by atoms with Crippen LogP contribution >= 0.6 is 15.9 Å². The summed E-state index contributed by atoms with van der Waals surface area (Å²) < 4.78 is 3.38. The molecule has 0 amide bonds. The zero-order chi connectivity index (χ0) is 9.84. The van der Waals surface area contributed by atoms with Gasteiger partial charge in [0, 0.05) is 0 Å². The van der Waals surface area contributed by atoms with Gasteiger partial charge in [-0.05, 0) is 0 Å². The number of nitro benzene ring substituents is 1. The van der Waals surface area contributed by atoms with E-state index < -0.39 is 4.92 Å². The van der Waals surface area contributed by atoms with Crippen LogP contribution in [-0.2, 0) is 0 Å². The zero-order valence-corrected chi connectivity index (χ0v) is 11.0. The molecule has 0 atom stereocenters. The number of hydrogen-bond acceptors (Lipinski definition) is 2. The third-order valence-electron chi connectivity index (χ3n) is 1.36. The summed E-state index contributed by atoms with van der Waals surface area (Å²) in [5, 5.41) is 10.6. The van der Waals surface area contributed by atoms with Crippen molar-refractivity contribution in [2.75, 3.05) is 0 Å². The zero-order valence-electron chi connectivity index (χ0n) is 6.28. The van der Waals surface area contributed by atoms with E-state index in [-0.39, 0.29) is 5.69 Å². The molecule has 0 aliphatic rings. The summed E-state index contributed by atoms with van der Waals surface area (Å²) in [6, 6.07) is 4.80. The van der Waals surface area contributed by atoms with Crippen LogP contribution in [0.1, 0.15) is 5.56 Å². The van der Waals surface area contributed by atoms with Gasteiger partial charge in [-0.3, -0.25) is 0 Å². The van der Waals surface area contributed by atoms with Gasteiger partial charge in [0.1, 0.15) is 0 Å². The standard InChI is InChI=1S/C8H3BrNO2.Po/c1-2-6-7(9)4-3-5-8(6)10(11)12;/h3-5H;. The van der Waals surface area contributed by atoms with Crippen molar-refractivity contribution in [3.8, 4) is 9.50 Å². The summed E-state index contributed by atoms with van der Waals surface area (Å²) in [6.45, 7) is 0. The van der Waals surface area contributed by atoms with Crippen molar-refractivity contribution in [2.45, 2.75) is 0 Å². The number of halogens is 1. The molecule has 1 radical (unpaired) electrons. The summed E-state index contributed by atoms with van der Waals surface area (Å²) >= 11 is 4.30. The SMILES string of the molecule is O=[N+]([O-])c1cccc(Br)c1C#[C][Po]. The van der Waals surface area contributed by atoms with Crippen LogP contribution in [0.2, 0.25) is 0 Å². The topological polar surface area (TPSA) is 43.1 Å². The van der Waals surface area contributed by atoms with E-state index in [0.29, 0.717) is 10.0 Å². The Balaban J connectivity index is 3.39. The van der Waals surface area contributed by atoms with Gasteiger partial charge < -0.3 is 0 Å². The van der Waals surface area contributed by atoms with Crippen LogP contribution in [0.3, 0.4) is 0 Å². The van der Waals surface area contributed by atoms with E-state index in [9.17, 15) is 10.1 Å². The van der Waals surface area contributed by atoms with Gasteiger partial charge in [0.25, 0.3) is 0 Å². The Bertz CT molecular complexity index is 408. The van der Waals surface area contributed by atoms with Crippen LogP contribution in [0.15, 0.2) is 22.7 Å². The minimum atomic E-state index is -0.431. The quantitative estimate of drug-likeness (QED) is 0.385. The average molecular weight is 434 g/mol. The molecule has 0 bridgehead atoms. The molecule has 1 aromatic rings. The second-order valence-corrected chi connectivity index (χ2v) is 3.77. The summed E-state index contributed by atoms with van der Waals surface area (Å²) in [7, 11) is 0. The molecule has 0 unspecified atom stereocenters. The third-order valence-corrected chi connectivity index (χ3v) is 2.42. The van der Waals surface area contributed by atoms with E-state index in [4.69, 9.17) is 0 Å². The van der Waals surface area contributed by atoms with E-state index in [1.807, 2.05) is 0 Å². The van der Waals surface area contributed by atoms with Crippen LogP contribution < -0.4 is 0 Å². The van der Waals surface area contributed by atoms with Crippen molar-refractivity contribution >= 4 is 46.7 Å². The number of benzene rings is 1. The number of nitrogens with zero attached hydrogens (tertiary/aromatic N) is 1. The van der Waals surface area contributed by atoms with Gasteiger partial charge >= 0.3 is 99.5 Å². The van der Waals surface area contributed by atoms with E-state index in [1.165, 1.54) is 6.07 Å². The summed E-state index contributed by atoms with van der Waals surface area (Å²) in [6.07, 6.45) is 0. The van der Waals surface area contributed by atoms with Crippen LogP contribution in [0.25, 0.3) is 0 Å². The number of hydrogen-bond donors (Lipinski definition) is 0. The molecule has 0 saturated heterocycles. The maximum absolute atomic E-state index is 10.6. The van der Waals surface area contributed by atoms with Crippen molar-refractivity contribution in [3.63, 3.8) is 0 Å². The second-order valence-electron chi connectivity index (χ2n) is 2.12. The third kappa shape index (κ3) is 2.50. The van der Waals surface area contributed by atoms with E-state index >= 15 is 0 Å². The number of rotatable bonds is 1. The van der Waals surface area contributed by atoms with Crippen LogP contribution in [0, 0.1) is 19.6 Å². The van der Waals surface area contributed by atoms with Gasteiger partial charge in [-0.1, -0.05) is 0 Å². The maximum atomic E-state index is 10.6. The molecule has 1 rings (SSSR count). The summed E-state index contributed by atoms with van der Waals surface area (Å²) in [5.41, 5.74) is 0.491. The fourth-order valence-corrected chi connectivity index (χ4v) is 1.69. The molecule has 3 nitrogen and oxygen atoms in total. The van der Waals surface area contributed by atoms with Crippen LogP contribution in [-0.4, -0.2) is 30.0 Å². The Kier molecular flexibility index (Phi) is 3.84. The van der Waals surface area contributed by atoms with Gasteiger partial charge in [-0.2, -0.15) is 0 Å². The molecule has 0 aliphatic heterocycles. The van der Waals surface area contributed by atoms with E-state index in [1.54, 1.807) is 12.1 Å². The molecule has 1 aromatic carbocycles. The molecular formula is C8H3BrNO2Po. The van der Waals surface area contributed by atoms with E-state index in [0.717, 1.165) is 25.1 Å². The Hall–Kier alpha value is -0.444. The molecule has 0 saturated carbocycles. The first-order valence-electron chi connectivity index (χ1n) is 3.23. The van der Waals surface area contributed by atoms with Crippen molar-refractivity contribution < 1.29 is 4.92 Å². The molecule has 0 heterocycles. The average Bonchev–Trinajstić information content (AvgIpc) is 2.08. The number of nitro groups is 1.